The zero-order chi connectivity index (χ0) is 12.6. The standard InChI is InChI=1S/C10H7N3O4/c11-7(14)8(15)12-13-9(16)5-3-1-2-4-6(5)10(13)17/h1-4H,(H2,11,14)(H,12,15). The minimum absolute atomic E-state index is 0.169. The van der Waals surface area contributed by atoms with Crippen LogP contribution in [0.1, 0.15) is 20.7 Å². The van der Waals surface area contributed by atoms with Crippen LogP contribution in [0.3, 0.4) is 0 Å². The molecule has 7 nitrogen and oxygen atoms in total. The van der Waals surface area contributed by atoms with E-state index in [-0.39, 0.29) is 11.1 Å². The summed E-state index contributed by atoms with van der Waals surface area (Å²) in [6, 6.07) is 6.07. The molecule has 0 atom stereocenters. The molecule has 0 saturated carbocycles. The van der Waals surface area contributed by atoms with Gasteiger partial charge in [0.25, 0.3) is 11.8 Å². The van der Waals surface area contributed by atoms with Gasteiger partial charge in [0.2, 0.25) is 0 Å². The van der Waals surface area contributed by atoms with Gasteiger partial charge in [-0.05, 0) is 12.1 Å². The van der Waals surface area contributed by atoms with Gasteiger partial charge in [0, 0.05) is 0 Å². The van der Waals surface area contributed by atoms with Gasteiger partial charge in [-0.25, -0.2) is 5.43 Å². The van der Waals surface area contributed by atoms with Crippen LogP contribution in [0.25, 0.3) is 0 Å². The van der Waals surface area contributed by atoms with Crippen molar-refractivity contribution < 1.29 is 19.2 Å². The number of amides is 4. The van der Waals surface area contributed by atoms with E-state index in [1.165, 1.54) is 12.1 Å². The highest BCUT2D eigenvalue weighted by molar-refractivity contribution is 6.35. The van der Waals surface area contributed by atoms with Crippen LogP contribution >= 0.6 is 0 Å². The number of fused-ring (bicyclic) bond motifs is 1. The molecule has 0 bridgehead atoms. The zero-order valence-corrected chi connectivity index (χ0v) is 8.47. The molecule has 1 aliphatic rings. The first-order chi connectivity index (χ1) is 8.02. The van der Waals surface area contributed by atoms with E-state index in [1.54, 1.807) is 12.1 Å². The topological polar surface area (TPSA) is 110 Å². The van der Waals surface area contributed by atoms with E-state index < -0.39 is 23.6 Å². The van der Waals surface area contributed by atoms with Crippen molar-refractivity contribution in [2.24, 2.45) is 5.73 Å². The molecule has 1 heterocycles. The summed E-state index contributed by atoms with van der Waals surface area (Å²) in [5.74, 6) is -3.89. The number of imide groups is 1. The smallest absolute Gasteiger partial charge is 0.328 e. The van der Waals surface area contributed by atoms with Crippen LogP contribution in [0.4, 0.5) is 0 Å². The highest BCUT2D eigenvalue weighted by Crippen LogP contribution is 2.20. The van der Waals surface area contributed by atoms with Gasteiger partial charge in [-0.2, -0.15) is 5.01 Å². The minimum Gasteiger partial charge on any atom is -0.361 e. The van der Waals surface area contributed by atoms with Gasteiger partial charge in [0.15, 0.2) is 0 Å². The summed E-state index contributed by atoms with van der Waals surface area (Å²) in [7, 11) is 0. The van der Waals surface area contributed by atoms with Gasteiger partial charge in [-0.15, -0.1) is 0 Å². The Kier molecular flexibility index (Phi) is 2.36. The van der Waals surface area contributed by atoms with Crippen molar-refractivity contribution in [2.75, 3.05) is 0 Å². The van der Waals surface area contributed by atoms with Gasteiger partial charge < -0.3 is 5.73 Å². The van der Waals surface area contributed by atoms with E-state index in [0.29, 0.717) is 5.01 Å². The third kappa shape index (κ3) is 1.63. The molecule has 3 N–H and O–H groups in total. The number of carbonyl (C=O) groups is 4. The number of primary amides is 1. The Labute approximate surface area is 95.2 Å². The van der Waals surface area contributed by atoms with E-state index >= 15 is 0 Å². The normalized spacial score (nSPS) is 13.5. The highest BCUT2D eigenvalue weighted by Gasteiger charge is 2.37. The molecular formula is C10H7N3O4. The lowest BCUT2D eigenvalue weighted by Gasteiger charge is -2.12. The number of benzene rings is 1. The van der Waals surface area contributed by atoms with Crippen LogP contribution in [-0.4, -0.2) is 28.6 Å². The van der Waals surface area contributed by atoms with Gasteiger partial charge in [0.1, 0.15) is 0 Å². The number of nitrogens with zero attached hydrogens (tertiary/aromatic N) is 1. The average molecular weight is 233 g/mol. The molecule has 1 aromatic carbocycles. The second-order valence-corrected chi connectivity index (χ2v) is 3.30. The van der Waals surface area contributed by atoms with Crippen molar-refractivity contribution in [3.05, 3.63) is 35.4 Å². The number of hydrazine groups is 1. The van der Waals surface area contributed by atoms with Crippen molar-refractivity contribution in [1.29, 1.82) is 0 Å². The molecule has 0 fully saturated rings. The quantitative estimate of drug-likeness (QED) is 0.469. The molecule has 4 amide bonds. The summed E-state index contributed by atoms with van der Waals surface area (Å²) in [4.78, 5) is 45.0. The predicted octanol–water partition coefficient (Wildman–Crippen LogP) is -1.20. The van der Waals surface area contributed by atoms with E-state index in [2.05, 4.69) is 0 Å². The fraction of sp³-hybridized carbons (Fsp3) is 0. The van der Waals surface area contributed by atoms with Crippen molar-refractivity contribution in [3.8, 4) is 0 Å². The summed E-state index contributed by atoms with van der Waals surface area (Å²) < 4.78 is 0. The summed E-state index contributed by atoms with van der Waals surface area (Å²) in [6.07, 6.45) is 0. The molecule has 0 unspecified atom stereocenters. The first kappa shape index (κ1) is 10.8. The molecule has 0 spiro atoms. The van der Waals surface area contributed by atoms with Crippen LogP contribution in [0.2, 0.25) is 0 Å². The summed E-state index contributed by atoms with van der Waals surface area (Å²) in [5.41, 5.74) is 6.89. The number of hydrogen-bond acceptors (Lipinski definition) is 4. The van der Waals surface area contributed by atoms with Gasteiger partial charge >= 0.3 is 11.8 Å². The minimum atomic E-state index is -1.28. The SMILES string of the molecule is NC(=O)C(=O)NN1C(=O)c2ccccc2C1=O. The Balaban J connectivity index is 2.31. The third-order valence-electron chi connectivity index (χ3n) is 2.23. The molecule has 17 heavy (non-hydrogen) atoms. The van der Waals surface area contributed by atoms with Crippen molar-refractivity contribution in [2.45, 2.75) is 0 Å². The lowest BCUT2D eigenvalue weighted by Crippen LogP contribution is -2.50. The Morgan fingerprint density at radius 3 is 1.94 bits per heavy atom. The van der Waals surface area contributed by atoms with Crippen LogP contribution < -0.4 is 11.2 Å². The molecule has 7 heteroatoms. The Morgan fingerprint density at radius 2 is 1.53 bits per heavy atom. The maximum atomic E-state index is 11.7. The maximum Gasteiger partial charge on any atom is 0.328 e. The van der Waals surface area contributed by atoms with Crippen molar-refractivity contribution in [1.82, 2.24) is 10.4 Å². The van der Waals surface area contributed by atoms with Crippen LogP contribution in [0.15, 0.2) is 24.3 Å². The monoisotopic (exact) mass is 233 g/mol. The number of carbonyl (C=O) groups excluding carboxylic acids is 4. The fourth-order valence-electron chi connectivity index (χ4n) is 1.45. The van der Waals surface area contributed by atoms with Crippen LogP contribution in [0.5, 0.6) is 0 Å². The lowest BCUT2D eigenvalue weighted by molar-refractivity contribution is -0.139. The number of nitrogens with one attached hydrogen (secondary N) is 1. The number of rotatable bonds is 1. The molecule has 2 rings (SSSR count). The second-order valence-electron chi connectivity index (χ2n) is 3.30. The predicted molar refractivity (Wildman–Crippen MR) is 54.3 cm³/mol. The summed E-state index contributed by atoms with van der Waals surface area (Å²) >= 11 is 0. The zero-order valence-electron chi connectivity index (χ0n) is 8.47. The largest absolute Gasteiger partial charge is 0.361 e. The van der Waals surface area contributed by atoms with Gasteiger partial charge in [0.05, 0.1) is 11.1 Å². The van der Waals surface area contributed by atoms with E-state index in [0.717, 1.165) is 0 Å². The van der Waals surface area contributed by atoms with Crippen molar-refractivity contribution in [3.63, 3.8) is 0 Å². The Bertz CT molecular complexity index is 517. The van der Waals surface area contributed by atoms with Gasteiger partial charge in [-0.1, -0.05) is 12.1 Å². The number of hydrogen-bond donors (Lipinski definition) is 2. The first-order valence-corrected chi connectivity index (χ1v) is 4.60. The third-order valence-corrected chi connectivity index (χ3v) is 2.23. The van der Waals surface area contributed by atoms with Crippen LogP contribution in [0, 0.1) is 0 Å². The first-order valence-electron chi connectivity index (χ1n) is 4.60. The van der Waals surface area contributed by atoms with E-state index in [1.807, 2.05) is 5.43 Å². The molecular weight excluding hydrogens is 226 g/mol. The fourth-order valence-corrected chi connectivity index (χ4v) is 1.45. The molecule has 0 saturated heterocycles. The highest BCUT2D eigenvalue weighted by atomic mass is 16.2. The maximum absolute atomic E-state index is 11.7. The number of nitrogens with two attached hydrogens (primary N) is 1. The summed E-state index contributed by atoms with van der Waals surface area (Å²) in [5, 5.41) is 0.470. The van der Waals surface area contributed by atoms with Crippen LogP contribution in [-0.2, 0) is 9.59 Å². The molecule has 0 aliphatic carbocycles. The van der Waals surface area contributed by atoms with E-state index in [4.69, 9.17) is 5.73 Å². The Morgan fingerprint density at radius 1 is 1.06 bits per heavy atom. The van der Waals surface area contributed by atoms with Crippen molar-refractivity contribution >= 4 is 23.6 Å². The average Bonchev–Trinajstić information content (AvgIpc) is 2.55. The lowest BCUT2D eigenvalue weighted by atomic mass is 10.1. The summed E-state index contributed by atoms with van der Waals surface area (Å²) in [6.45, 7) is 0. The Hall–Kier alpha value is -2.70. The van der Waals surface area contributed by atoms with Gasteiger partial charge in [-0.3, -0.25) is 19.2 Å². The molecule has 0 radical (unpaired) electrons. The molecule has 1 aromatic rings. The molecule has 0 aromatic heterocycles. The van der Waals surface area contributed by atoms with E-state index in [9.17, 15) is 19.2 Å². The molecule has 86 valence electrons. The molecule has 1 aliphatic heterocycles. The second kappa shape index (κ2) is 3.71.